The number of unbranched alkanes of at least 4 members (excludes halogenated alkanes) is 1. The van der Waals surface area contributed by atoms with Crippen LogP contribution in [0.3, 0.4) is 0 Å². The van der Waals surface area contributed by atoms with Crippen LogP contribution >= 0.6 is 0 Å². The molecule has 0 aromatic heterocycles. The minimum Gasteiger partial charge on any atom is -0.356 e. The van der Waals surface area contributed by atoms with Gasteiger partial charge in [0.25, 0.3) is 0 Å². The van der Waals surface area contributed by atoms with Crippen molar-refractivity contribution in [1.82, 2.24) is 10.6 Å². The average molecular weight is 261 g/mol. The Kier molecular flexibility index (Phi) is 7.01. The normalized spacial score (nSPS) is 13.2. The largest absolute Gasteiger partial charge is 0.356 e. The fraction of sp³-hybridized carbons (Fsp3) is 0.562. The van der Waals surface area contributed by atoms with E-state index in [-0.39, 0.29) is 0 Å². The molecule has 0 spiro atoms. The number of nitrogens with one attached hydrogen (secondary N) is 2. The van der Waals surface area contributed by atoms with E-state index in [0.29, 0.717) is 5.92 Å². The van der Waals surface area contributed by atoms with Gasteiger partial charge in [-0.05, 0) is 24.8 Å². The second-order valence-electron chi connectivity index (χ2n) is 5.05. The van der Waals surface area contributed by atoms with Crippen LogP contribution in [0.4, 0.5) is 0 Å². The summed E-state index contributed by atoms with van der Waals surface area (Å²) in [6, 6.07) is 8.69. The zero-order chi connectivity index (χ0) is 14.1. The lowest BCUT2D eigenvalue weighted by atomic mass is 9.99. The highest BCUT2D eigenvalue weighted by Gasteiger charge is 2.06. The van der Waals surface area contributed by atoms with Crippen LogP contribution in [0, 0.1) is 6.92 Å². The van der Waals surface area contributed by atoms with Gasteiger partial charge in [0, 0.05) is 20.1 Å². The summed E-state index contributed by atoms with van der Waals surface area (Å²) in [5, 5.41) is 6.71. The van der Waals surface area contributed by atoms with Gasteiger partial charge < -0.3 is 10.6 Å². The molecule has 1 unspecified atom stereocenters. The Morgan fingerprint density at radius 2 is 2.11 bits per heavy atom. The van der Waals surface area contributed by atoms with Crippen LogP contribution in [0.2, 0.25) is 0 Å². The van der Waals surface area contributed by atoms with Crippen molar-refractivity contribution in [2.75, 3.05) is 20.1 Å². The van der Waals surface area contributed by atoms with E-state index in [1.165, 1.54) is 24.0 Å². The molecule has 1 rings (SSSR count). The summed E-state index contributed by atoms with van der Waals surface area (Å²) in [4.78, 5) is 4.24. The summed E-state index contributed by atoms with van der Waals surface area (Å²) in [5.41, 5.74) is 2.69. The quantitative estimate of drug-likeness (QED) is 0.469. The first-order valence-electron chi connectivity index (χ1n) is 7.18. The number of aryl methyl sites for hydroxylation is 1. The molecule has 0 radical (unpaired) electrons. The van der Waals surface area contributed by atoms with Gasteiger partial charge in [-0.3, -0.25) is 4.99 Å². The predicted molar refractivity (Wildman–Crippen MR) is 83.9 cm³/mol. The highest BCUT2D eigenvalue weighted by Crippen LogP contribution is 2.15. The van der Waals surface area contributed by atoms with Crippen molar-refractivity contribution in [2.45, 2.75) is 39.5 Å². The van der Waals surface area contributed by atoms with Gasteiger partial charge in [0.15, 0.2) is 5.96 Å². The highest BCUT2D eigenvalue weighted by molar-refractivity contribution is 5.79. The molecule has 0 fully saturated rings. The number of benzene rings is 1. The monoisotopic (exact) mass is 261 g/mol. The molecule has 0 aliphatic heterocycles. The van der Waals surface area contributed by atoms with Crippen molar-refractivity contribution in [3.8, 4) is 0 Å². The third-order valence-electron chi connectivity index (χ3n) is 3.23. The first-order chi connectivity index (χ1) is 9.17. The van der Waals surface area contributed by atoms with Crippen molar-refractivity contribution in [2.24, 2.45) is 4.99 Å². The molecular formula is C16H27N3. The molecule has 0 amide bonds. The van der Waals surface area contributed by atoms with Crippen molar-refractivity contribution >= 4 is 5.96 Å². The topological polar surface area (TPSA) is 36.4 Å². The summed E-state index contributed by atoms with van der Waals surface area (Å²) >= 11 is 0. The number of hydrogen-bond acceptors (Lipinski definition) is 1. The van der Waals surface area contributed by atoms with E-state index in [9.17, 15) is 0 Å². The van der Waals surface area contributed by atoms with Gasteiger partial charge in [0.05, 0.1) is 0 Å². The van der Waals surface area contributed by atoms with Gasteiger partial charge in [0.1, 0.15) is 0 Å². The summed E-state index contributed by atoms with van der Waals surface area (Å²) in [6.07, 6.45) is 2.37. The van der Waals surface area contributed by atoms with E-state index >= 15 is 0 Å². The Morgan fingerprint density at radius 3 is 2.74 bits per heavy atom. The van der Waals surface area contributed by atoms with Crippen molar-refractivity contribution < 1.29 is 0 Å². The molecule has 0 bridgehead atoms. The number of aliphatic imine (C=N–C) groups is 1. The lowest BCUT2D eigenvalue weighted by molar-refractivity contribution is 0.684. The molecule has 3 heteroatoms. The van der Waals surface area contributed by atoms with E-state index in [4.69, 9.17) is 0 Å². The minimum absolute atomic E-state index is 0.477. The third-order valence-corrected chi connectivity index (χ3v) is 3.23. The predicted octanol–water partition coefficient (Wildman–Crippen LogP) is 3.06. The molecule has 0 aliphatic carbocycles. The van der Waals surface area contributed by atoms with Crippen molar-refractivity contribution in [3.63, 3.8) is 0 Å². The van der Waals surface area contributed by atoms with Crippen LogP contribution in [0.15, 0.2) is 29.3 Å². The summed E-state index contributed by atoms with van der Waals surface area (Å²) < 4.78 is 0. The molecular weight excluding hydrogens is 234 g/mol. The minimum atomic E-state index is 0.477. The van der Waals surface area contributed by atoms with Crippen LogP contribution in [-0.2, 0) is 0 Å². The Labute approximate surface area is 117 Å². The van der Waals surface area contributed by atoms with E-state index in [2.05, 4.69) is 60.7 Å². The van der Waals surface area contributed by atoms with Gasteiger partial charge in [-0.1, -0.05) is 50.1 Å². The molecule has 106 valence electrons. The fourth-order valence-corrected chi connectivity index (χ4v) is 1.95. The van der Waals surface area contributed by atoms with E-state index in [1.54, 1.807) is 0 Å². The molecule has 1 aromatic carbocycles. The maximum absolute atomic E-state index is 4.24. The maximum atomic E-state index is 4.24. The number of hydrogen-bond donors (Lipinski definition) is 2. The van der Waals surface area contributed by atoms with Crippen LogP contribution < -0.4 is 10.6 Å². The second-order valence-corrected chi connectivity index (χ2v) is 5.05. The molecule has 1 aromatic rings. The first-order valence-corrected chi connectivity index (χ1v) is 7.18. The van der Waals surface area contributed by atoms with Crippen LogP contribution in [-0.4, -0.2) is 26.1 Å². The smallest absolute Gasteiger partial charge is 0.190 e. The SMILES string of the molecule is CCCCNC(=NC)NCC(C)c1cccc(C)c1. The molecule has 1 atom stereocenters. The van der Waals surface area contributed by atoms with Gasteiger partial charge in [-0.2, -0.15) is 0 Å². The van der Waals surface area contributed by atoms with Crippen LogP contribution in [0.1, 0.15) is 43.7 Å². The summed E-state index contributed by atoms with van der Waals surface area (Å²) in [5.74, 6) is 1.37. The molecule has 0 heterocycles. The number of guanidine groups is 1. The van der Waals surface area contributed by atoms with Crippen molar-refractivity contribution in [1.29, 1.82) is 0 Å². The molecule has 0 saturated heterocycles. The summed E-state index contributed by atoms with van der Waals surface area (Å²) in [7, 11) is 1.82. The number of nitrogens with zero attached hydrogens (tertiary/aromatic N) is 1. The molecule has 0 saturated carbocycles. The Balaban J connectivity index is 2.42. The van der Waals surface area contributed by atoms with E-state index < -0.39 is 0 Å². The molecule has 3 nitrogen and oxygen atoms in total. The molecule has 0 aliphatic rings. The Hall–Kier alpha value is -1.51. The van der Waals surface area contributed by atoms with Gasteiger partial charge in [-0.15, -0.1) is 0 Å². The molecule has 2 N–H and O–H groups in total. The van der Waals surface area contributed by atoms with Gasteiger partial charge in [-0.25, -0.2) is 0 Å². The van der Waals surface area contributed by atoms with Gasteiger partial charge >= 0.3 is 0 Å². The van der Waals surface area contributed by atoms with Crippen molar-refractivity contribution in [3.05, 3.63) is 35.4 Å². The van der Waals surface area contributed by atoms with Crippen LogP contribution in [0.5, 0.6) is 0 Å². The average Bonchev–Trinajstić information content (AvgIpc) is 2.42. The summed E-state index contributed by atoms with van der Waals surface area (Å²) in [6.45, 7) is 8.44. The van der Waals surface area contributed by atoms with E-state index in [1.807, 2.05) is 7.05 Å². The highest BCUT2D eigenvalue weighted by atomic mass is 15.2. The second kappa shape index (κ2) is 8.57. The maximum Gasteiger partial charge on any atom is 0.190 e. The zero-order valence-electron chi connectivity index (χ0n) is 12.7. The fourth-order valence-electron chi connectivity index (χ4n) is 1.95. The number of rotatable bonds is 6. The molecule has 19 heavy (non-hydrogen) atoms. The van der Waals surface area contributed by atoms with Crippen LogP contribution in [0.25, 0.3) is 0 Å². The Morgan fingerprint density at radius 1 is 1.32 bits per heavy atom. The Bertz CT molecular complexity index is 399. The lowest BCUT2D eigenvalue weighted by Crippen LogP contribution is -2.39. The first kappa shape index (κ1) is 15.5. The lowest BCUT2D eigenvalue weighted by Gasteiger charge is -2.16. The third kappa shape index (κ3) is 5.77. The standard InChI is InChI=1S/C16H27N3/c1-5-6-10-18-16(17-4)19-12-14(3)15-9-7-8-13(2)11-15/h7-9,11,14H,5-6,10,12H2,1-4H3,(H2,17,18,19). The van der Waals surface area contributed by atoms with E-state index in [0.717, 1.165) is 19.0 Å². The van der Waals surface area contributed by atoms with Gasteiger partial charge in [0.2, 0.25) is 0 Å². The zero-order valence-corrected chi connectivity index (χ0v) is 12.7.